The second-order valence-electron chi connectivity index (χ2n) is 6.44. The van der Waals surface area contributed by atoms with E-state index in [1.54, 1.807) is 0 Å². The summed E-state index contributed by atoms with van der Waals surface area (Å²) in [5.74, 6) is 0.445. The predicted octanol–water partition coefficient (Wildman–Crippen LogP) is 2.56. The van der Waals surface area contributed by atoms with Crippen molar-refractivity contribution in [1.82, 2.24) is 10.2 Å². The lowest BCUT2D eigenvalue weighted by atomic mass is 9.80. The fourth-order valence-corrected chi connectivity index (χ4v) is 3.56. The van der Waals surface area contributed by atoms with Crippen molar-refractivity contribution in [3.8, 4) is 0 Å². The van der Waals surface area contributed by atoms with Gasteiger partial charge in [0.25, 0.3) is 0 Å². The third kappa shape index (κ3) is 2.42. The van der Waals surface area contributed by atoms with Gasteiger partial charge in [-0.25, -0.2) is 0 Å². The summed E-state index contributed by atoms with van der Waals surface area (Å²) in [7, 11) is 2.03. The average molecular weight is 252 g/mol. The van der Waals surface area contributed by atoms with Gasteiger partial charge in [0, 0.05) is 24.0 Å². The summed E-state index contributed by atoms with van der Waals surface area (Å²) in [4.78, 5) is 14.9. The molecule has 2 rings (SSSR count). The van der Waals surface area contributed by atoms with Gasteiger partial charge in [-0.2, -0.15) is 0 Å². The lowest BCUT2D eigenvalue weighted by molar-refractivity contribution is -0.143. The number of hydrogen-bond acceptors (Lipinski definition) is 2. The van der Waals surface area contributed by atoms with Crippen LogP contribution in [-0.4, -0.2) is 36.5 Å². The highest BCUT2D eigenvalue weighted by molar-refractivity contribution is 5.83. The zero-order valence-electron chi connectivity index (χ0n) is 12.2. The Hall–Kier alpha value is -0.570. The van der Waals surface area contributed by atoms with Crippen molar-refractivity contribution in [1.29, 1.82) is 0 Å². The first-order valence-corrected chi connectivity index (χ1v) is 7.54. The van der Waals surface area contributed by atoms with E-state index in [-0.39, 0.29) is 11.0 Å². The van der Waals surface area contributed by atoms with Crippen LogP contribution in [0.2, 0.25) is 0 Å². The molecule has 0 aromatic heterocycles. The van der Waals surface area contributed by atoms with Crippen LogP contribution in [0.25, 0.3) is 0 Å². The molecular formula is C15H28N2O. The molecular weight excluding hydrogens is 224 g/mol. The van der Waals surface area contributed by atoms with Crippen molar-refractivity contribution in [3.63, 3.8) is 0 Å². The van der Waals surface area contributed by atoms with Gasteiger partial charge in [0.2, 0.25) is 5.91 Å². The van der Waals surface area contributed by atoms with E-state index in [9.17, 15) is 4.79 Å². The maximum atomic E-state index is 12.8. The normalized spacial score (nSPS) is 26.3. The smallest absolute Gasteiger partial charge is 0.228 e. The highest BCUT2D eigenvalue weighted by Gasteiger charge is 2.43. The average Bonchev–Trinajstić information content (AvgIpc) is 2.89. The highest BCUT2D eigenvalue weighted by atomic mass is 16.2. The largest absolute Gasteiger partial charge is 0.342 e. The second-order valence-corrected chi connectivity index (χ2v) is 6.44. The molecule has 0 aromatic carbocycles. The van der Waals surface area contributed by atoms with E-state index < -0.39 is 0 Å². The van der Waals surface area contributed by atoms with E-state index in [2.05, 4.69) is 24.1 Å². The number of likely N-dealkylation sites (tertiary alicyclic amines) is 1. The zero-order valence-corrected chi connectivity index (χ0v) is 12.2. The maximum Gasteiger partial charge on any atom is 0.228 e. The predicted molar refractivity (Wildman–Crippen MR) is 74.5 cm³/mol. The van der Waals surface area contributed by atoms with Crippen LogP contribution in [0.1, 0.15) is 58.8 Å². The van der Waals surface area contributed by atoms with Gasteiger partial charge in [-0.3, -0.25) is 4.79 Å². The fourth-order valence-electron chi connectivity index (χ4n) is 3.56. The Labute approximate surface area is 111 Å². The molecule has 0 radical (unpaired) electrons. The molecule has 104 valence electrons. The number of carbonyl (C=O) groups is 1. The minimum Gasteiger partial charge on any atom is -0.342 e. The first kappa shape index (κ1) is 13.9. The summed E-state index contributed by atoms with van der Waals surface area (Å²) in [6, 6.07) is 0. The second kappa shape index (κ2) is 5.20. The van der Waals surface area contributed by atoms with Gasteiger partial charge in [0.1, 0.15) is 0 Å². The molecule has 3 nitrogen and oxygen atoms in total. The number of piperidine rings is 1. The number of nitrogens with zero attached hydrogens (tertiary/aromatic N) is 1. The SMILES string of the molecule is CCC1(C(=O)N2CCC(C)(NC)CC2)CCCC1. The van der Waals surface area contributed by atoms with Gasteiger partial charge in [-0.05, 0) is 46.1 Å². The van der Waals surface area contributed by atoms with Crippen LogP contribution in [0, 0.1) is 5.41 Å². The first-order chi connectivity index (χ1) is 8.55. The fraction of sp³-hybridized carbons (Fsp3) is 0.933. The van der Waals surface area contributed by atoms with Crippen LogP contribution >= 0.6 is 0 Å². The van der Waals surface area contributed by atoms with Gasteiger partial charge in [-0.15, -0.1) is 0 Å². The summed E-state index contributed by atoms with van der Waals surface area (Å²) >= 11 is 0. The number of hydrogen-bond donors (Lipinski definition) is 1. The van der Waals surface area contributed by atoms with Crippen molar-refractivity contribution < 1.29 is 4.79 Å². The molecule has 0 aromatic rings. The quantitative estimate of drug-likeness (QED) is 0.837. The Balaban J connectivity index is 1.99. The number of nitrogens with one attached hydrogen (secondary N) is 1. The molecule has 2 aliphatic rings. The molecule has 0 unspecified atom stereocenters. The first-order valence-electron chi connectivity index (χ1n) is 7.54. The summed E-state index contributed by atoms with van der Waals surface area (Å²) < 4.78 is 0. The molecule has 0 bridgehead atoms. The molecule has 0 atom stereocenters. The molecule has 1 heterocycles. The Kier molecular flexibility index (Phi) is 4.00. The number of carbonyl (C=O) groups excluding carboxylic acids is 1. The minimum atomic E-state index is -0.00656. The molecule has 1 amide bonds. The van der Waals surface area contributed by atoms with Gasteiger partial charge in [0.05, 0.1) is 0 Å². The van der Waals surface area contributed by atoms with Crippen LogP contribution in [0.3, 0.4) is 0 Å². The molecule has 0 spiro atoms. The number of rotatable bonds is 3. The van der Waals surface area contributed by atoms with Crippen molar-refractivity contribution >= 4 is 5.91 Å². The minimum absolute atomic E-state index is 0.00656. The molecule has 18 heavy (non-hydrogen) atoms. The van der Waals surface area contributed by atoms with Crippen molar-refractivity contribution in [3.05, 3.63) is 0 Å². The Morgan fingerprint density at radius 3 is 2.17 bits per heavy atom. The summed E-state index contributed by atoms with van der Waals surface area (Å²) in [5, 5.41) is 3.39. The molecule has 1 aliphatic carbocycles. The van der Waals surface area contributed by atoms with E-state index in [4.69, 9.17) is 0 Å². The molecule has 1 saturated heterocycles. The van der Waals surface area contributed by atoms with Gasteiger partial charge in [-0.1, -0.05) is 19.8 Å². The molecule has 2 fully saturated rings. The maximum absolute atomic E-state index is 12.8. The Morgan fingerprint density at radius 1 is 1.17 bits per heavy atom. The molecule has 1 saturated carbocycles. The van der Waals surface area contributed by atoms with Crippen molar-refractivity contribution in [2.24, 2.45) is 5.41 Å². The van der Waals surface area contributed by atoms with Gasteiger partial charge >= 0.3 is 0 Å². The lowest BCUT2D eigenvalue weighted by Crippen LogP contribution is -2.54. The van der Waals surface area contributed by atoms with E-state index in [1.165, 1.54) is 12.8 Å². The Morgan fingerprint density at radius 2 is 1.72 bits per heavy atom. The van der Waals surface area contributed by atoms with Crippen LogP contribution < -0.4 is 5.32 Å². The lowest BCUT2D eigenvalue weighted by Gasteiger charge is -2.42. The van der Waals surface area contributed by atoms with E-state index >= 15 is 0 Å². The molecule has 1 N–H and O–H groups in total. The van der Waals surface area contributed by atoms with Gasteiger partial charge in [0.15, 0.2) is 0 Å². The highest BCUT2D eigenvalue weighted by Crippen LogP contribution is 2.43. The standard InChI is InChI=1S/C15H28N2O/c1-4-15(7-5-6-8-15)13(18)17-11-9-14(2,16-3)10-12-17/h16H,4-12H2,1-3H3. The monoisotopic (exact) mass is 252 g/mol. The number of amides is 1. The molecule has 3 heteroatoms. The van der Waals surface area contributed by atoms with Crippen LogP contribution in [0.4, 0.5) is 0 Å². The van der Waals surface area contributed by atoms with Crippen molar-refractivity contribution in [2.75, 3.05) is 20.1 Å². The Bertz CT molecular complexity index is 300. The van der Waals surface area contributed by atoms with Crippen LogP contribution in [-0.2, 0) is 4.79 Å². The molecule has 1 aliphatic heterocycles. The third-order valence-electron chi connectivity index (χ3n) is 5.45. The summed E-state index contributed by atoms with van der Waals surface area (Å²) in [6.07, 6.45) is 7.88. The van der Waals surface area contributed by atoms with E-state index in [0.29, 0.717) is 5.91 Å². The summed E-state index contributed by atoms with van der Waals surface area (Å²) in [5.41, 5.74) is 0.221. The van der Waals surface area contributed by atoms with Gasteiger partial charge < -0.3 is 10.2 Å². The van der Waals surface area contributed by atoms with Crippen LogP contribution in [0.5, 0.6) is 0 Å². The van der Waals surface area contributed by atoms with E-state index in [0.717, 1.165) is 45.2 Å². The third-order valence-corrected chi connectivity index (χ3v) is 5.45. The van der Waals surface area contributed by atoms with Crippen molar-refractivity contribution in [2.45, 2.75) is 64.3 Å². The topological polar surface area (TPSA) is 32.3 Å². The van der Waals surface area contributed by atoms with Crippen LogP contribution in [0.15, 0.2) is 0 Å². The zero-order chi connectivity index (χ0) is 13.2. The van der Waals surface area contributed by atoms with E-state index in [1.807, 2.05) is 7.05 Å². The summed E-state index contributed by atoms with van der Waals surface area (Å²) in [6.45, 7) is 6.31.